The molecular weight excluding hydrogens is 398 g/mol. The molecule has 3 aromatic rings. The number of carbonyl (C=O) groups excluding carboxylic acids is 2. The topological polar surface area (TPSA) is 177 Å². The fourth-order valence-corrected chi connectivity index (χ4v) is 2.73. The third-order valence-electron chi connectivity index (χ3n) is 4.19. The normalized spacial score (nSPS) is 14.0. The number of carbonyl (C=O) groups is 2. The van der Waals surface area contributed by atoms with Crippen LogP contribution in [-0.2, 0) is 9.59 Å². The summed E-state index contributed by atoms with van der Waals surface area (Å²) in [6, 6.07) is 8.31. The summed E-state index contributed by atoms with van der Waals surface area (Å²) >= 11 is 0. The standard InChI is InChI=1S/C18H17N5O7/c1-30-15-5-3-2-4-12(15)21-18(25)17(24)16(23(28)29)14-9-19-11-7-6-10(22(26)27)8-13(11)20-14/h2-9,16,22-23,26,28H,1H3,(H,21,25). The molecule has 0 radical (unpaired) electrons. The van der Waals surface area contributed by atoms with Gasteiger partial charge in [-0.05, 0) is 18.2 Å². The van der Waals surface area contributed by atoms with Crippen LogP contribution in [0.2, 0.25) is 0 Å². The van der Waals surface area contributed by atoms with Crippen LogP contribution in [0.4, 0.5) is 11.4 Å². The molecule has 1 aromatic heterocycles. The molecule has 2 aromatic carbocycles. The van der Waals surface area contributed by atoms with Gasteiger partial charge >= 0.3 is 0 Å². The van der Waals surface area contributed by atoms with Crippen molar-refractivity contribution < 1.29 is 35.2 Å². The zero-order chi connectivity index (χ0) is 21.8. The lowest BCUT2D eigenvalue weighted by Crippen LogP contribution is -3.06. The third-order valence-corrected chi connectivity index (χ3v) is 4.19. The summed E-state index contributed by atoms with van der Waals surface area (Å²) in [7, 11) is 1.38. The lowest BCUT2D eigenvalue weighted by molar-refractivity contribution is -1.06. The number of benzene rings is 2. The molecule has 156 valence electrons. The van der Waals surface area contributed by atoms with Gasteiger partial charge in [0.1, 0.15) is 11.4 Å². The summed E-state index contributed by atoms with van der Waals surface area (Å²) < 4.78 is 5.08. The van der Waals surface area contributed by atoms with E-state index in [0.29, 0.717) is 5.52 Å². The number of methoxy groups -OCH3 is 1. The van der Waals surface area contributed by atoms with Gasteiger partial charge in [0, 0.05) is 12.1 Å². The number of fused-ring (bicyclic) bond motifs is 1. The average Bonchev–Trinajstić information content (AvgIpc) is 2.73. The first kappa shape index (κ1) is 21.2. The van der Waals surface area contributed by atoms with Gasteiger partial charge in [-0.3, -0.25) is 14.6 Å². The summed E-state index contributed by atoms with van der Waals surface area (Å²) in [6.45, 7) is 0. The van der Waals surface area contributed by atoms with Crippen LogP contribution >= 0.6 is 0 Å². The Labute approximate surface area is 169 Å². The van der Waals surface area contributed by atoms with Crippen molar-refractivity contribution in [3.8, 4) is 5.75 Å². The highest BCUT2D eigenvalue weighted by Crippen LogP contribution is 2.23. The number of quaternary nitrogens is 2. The van der Waals surface area contributed by atoms with E-state index in [-0.39, 0.29) is 28.3 Å². The van der Waals surface area contributed by atoms with E-state index in [9.17, 15) is 25.2 Å². The van der Waals surface area contributed by atoms with Gasteiger partial charge in [0.2, 0.25) is 6.04 Å². The Morgan fingerprint density at radius 1 is 1.13 bits per heavy atom. The van der Waals surface area contributed by atoms with Gasteiger partial charge in [0.25, 0.3) is 11.7 Å². The predicted octanol–water partition coefficient (Wildman–Crippen LogP) is -0.937. The smallest absolute Gasteiger partial charge is 0.298 e. The van der Waals surface area contributed by atoms with Crippen LogP contribution in [0.3, 0.4) is 0 Å². The molecule has 0 aliphatic rings. The van der Waals surface area contributed by atoms with E-state index in [1.165, 1.54) is 31.4 Å². The molecule has 0 saturated heterocycles. The molecule has 3 atom stereocenters. The minimum absolute atomic E-state index is 0.0802. The maximum Gasteiger partial charge on any atom is 0.298 e. The second-order valence-electron chi connectivity index (χ2n) is 6.09. The number of nitrogens with one attached hydrogen (secondary N) is 3. The number of hydrogen-bond acceptors (Lipinski definition) is 9. The van der Waals surface area contributed by atoms with Gasteiger partial charge in [0.15, 0.2) is 5.69 Å². The zero-order valence-corrected chi connectivity index (χ0v) is 15.5. The van der Waals surface area contributed by atoms with E-state index in [1.54, 1.807) is 18.2 Å². The Hall–Kier alpha value is -3.52. The number of nitrogens with zero attached hydrogens (tertiary/aromatic N) is 2. The van der Waals surface area contributed by atoms with Crippen molar-refractivity contribution in [1.29, 1.82) is 0 Å². The van der Waals surface area contributed by atoms with Crippen molar-refractivity contribution in [2.24, 2.45) is 0 Å². The molecule has 0 aliphatic heterocycles. The van der Waals surface area contributed by atoms with Gasteiger partial charge in [-0.2, -0.15) is 5.23 Å². The number of ether oxygens (including phenoxy) is 1. The minimum Gasteiger partial charge on any atom is -0.599 e. The quantitative estimate of drug-likeness (QED) is 0.241. The number of hydrogen-bond donors (Lipinski definition) is 5. The van der Waals surface area contributed by atoms with Gasteiger partial charge in [-0.15, -0.1) is 0 Å². The Bertz CT molecular complexity index is 1090. The van der Waals surface area contributed by atoms with Gasteiger partial charge in [-0.1, -0.05) is 12.1 Å². The minimum atomic E-state index is -1.93. The second-order valence-corrected chi connectivity index (χ2v) is 6.09. The first-order chi connectivity index (χ1) is 14.3. The molecule has 0 bridgehead atoms. The molecule has 0 saturated carbocycles. The van der Waals surface area contributed by atoms with Crippen LogP contribution in [0.25, 0.3) is 11.0 Å². The number of amides is 1. The molecule has 0 spiro atoms. The molecule has 1 heterocycles. The fraction of sp³-hybridized carbons (Fsp3) is 0.111. The van der Waals surface area contributed by atoms with Crippen molar-refractivity contribution in [3.63, 3.8) is 0 Å². The fourth-order valence-electron chi connectivity index (χ4n) is 2.73. The van der Waals surface area contributed by atoms with Gasteiger partial charge < -0.3 is 20.5 Å². The van der Waals surface area contributed by atoms with Crippen molar-refractivity contribution in [2.45, 2.75) is 6.04 Å². The van der Waals surface area contributed by atoms with Crippen LogP contribution < -0.4 is 20.5 Å². The van der Waals surface area contributed by atoms with E-state index >= 15 is 0 Å². The van der Waals surface area contributed by atoms with E-state index in [2.05, 4.69) is 15.3 Å². The Morgan fingerprint density at radius 2 is 1.87 bits per heavy atom. The Balaban J connectivity index is 1.92. The van der Waals surface area contributed by atoms with Crippen molar-refractivity contribution in [3.05, 3.63) is 64.8 Å². The van der Waals surface area contributed by atoms with Crippen LogP contribution in [0, 0.1) is 10.4 Å². The van der Waals surface area contributed by atoms with E-state index in [0.717, 1.165) is 6.20 Å². The molecule has 3 unspecified atom stereocenters. The molecule has 30 heavy (non-hydrogen) atoms. The zero-order valence-electron chi connectivity index (χ0n) is 15.5. The molecule has 0 fully saturated rings. The molecule has 1 amide bonds. The molecule has 3 rings (SSSR count). The molecule has 0 aliphatic carbocycles. The van der Waals surface area contributed by atoms with Crippen LogP contribution in [-0.4, -0.2) is 39.2 Å². The number of ketones is 1. The monoisotopic (exact) mass is 415 g/mol. The maximum absolute atomic E-state index is 12.6. The maximum atomic E-state index is 12.6. The summed E-state index contributed by atoms with van der Waals surface area (Å²) in [5.74, 6) is -2.15. The highest BCUT2D eigenvalue weighted by molar-refractivity contribution is 6.42. The number of para-hydroxylation sites is 2. The summed E-state index contributed by atoms with van der Waals surface area (Å²) in [4.78, 5) is 33.1. The molecular formula is C18H17N5O7. The van der Waals surface area contributed by atoms with E-state index < -0.39 is 28.2 Å². The van der Waals surface area contributed by atoms with Gasteiger partial charge in [-0.25, -0.2) is 20.6 Å². The van der Waals surface area contributed by atoms with Crippen LogP contribution in [0.1, 0.15) is 11.7 Å². The second kappa shape index (κ2) is 8.87. The Kier molecular flexibility index (Phi) is 6.27. The number of anilines is 1. The van der Waals surface area contributed by atoms with Gasteiger partial charge in [0.05, 0.1) is 30.0 Å². The summed E-state index contributed by atoms with van der Waals surface area (Å²) in [6.07, 6.45) is 1.07. The summed E-state index contributed by atoms with van der Waals surface area (Å²) in [5, 5.41) is 41.0. The number of hydroxylamine groups is 2. The largest absolute Gasteiger partial charge is 0.599 e. The SMILES string of the molecule is COc1ccccc1NC(=O)C(=O)C(c1cnc2ccc([NH+]([O-])O)cc2n1)[NH+]([O-])O. The van der Waals surface area contributed by atoms with Crippen molar-refractivity contribution in [2.75, 3.05) is 12.4 Å². The van der Waals surface area contributed by atoms with E-state index in [1.807, 2.05) is 0 Å². The molecule has 12 heteroatoms. The lowest BCUT2D eigenvalue weighted by Gasteiger charge is -2.22. The predicted molar refractivity (Wildman–Crippen MR) is 101 cm³/mol. The molecule has 12 nitrogen and oxygen atoms in total. The van der Waals surface area contributed by atoms with Crippen molar-refractivity contribution in [1.82, 2.24) is 9.97 Å². The lowest BCUT2D eigenvalue weighted by atomic mass is 10.1. The number of Topliss-reactive ketones (excluding diaryl/α,β-unsaturated/α-hetero) is 1. The first-order valence-electron chi connectivity index (χ1n) is 8.53. The highest BCUT2D eigenvalue weighted by Gasteiger charge is 2.35. The highest BCUT2D eigenvalue weighted by atomic mass is 16.8. The summed E-state index contributed by atoms with van der Waals surface area (Å²) in [5.41, 5.74) is 0.201. The van der Waals surface area contributed by atoms with Crippen LogP contribution in [0.15, 0.2) is 48.7 Å². The van der Waals surface area contributed by atoms with Crippen LogP contribution in [0.5, 0.6) is 5.75 Å². The van der Waals surface area contributed by atoms with E-state index in [4.69, 9.17) is 9.94 Å². The first-order valence-corrected chi connectivity index (χ1v) is 8.53. The van der Waals surface area contributed by atoms with Crippen molar-refractivity contribution >= 4 is 34.1 Å². The molecule has 5 N–H and O–H groups in total. The third kappa shape index (κ3) is 4.38. The number of aromatic nitrogens is 2. The number of rotatable bonds is 7. The Morgan fingerprint density at radius 3 is 2.53 bits per heavy atom. The average molecular weight is 415 g/mol.